The van der Waals surface area contributed by atoms with Crippen molar-refractivity contribution in [3.8, 4) is 5.75 Å². The van der Waals surface area contributed by atoms with E-state index in [4.69, 9.17) is 4.74 Å². The number of allylic oxidation sites excluding steroid dienone is 1. The molecule has 0 saturated carbocycles. The van der Waals surface area contributed by atoms with Gasteiger partial charge in [-0.15, -0.1) is 0 Å². The van der Waals surface area contributed by atoms with Crippen LogP contribution in [0.15, 0.2) is 110 Å². The molecule has 0 radical (unpaired) electrons. The predicted molar refractivity (Wildman–Crippen MR) is 177 cm³/mol. The van der Waals surface area contributed by atoms with Gasteiger partial charge in [0.05, 0.1) is 17.7 Å². The average Bonchev–Trinajstić information content (AvgIpc) is 3.04. The van der Waals surface area contributed by atoms with Gasteiger partial charge in [-0.05, 0) is 97.9 Å². The molecule has 0 aliphatic rings. The number of benzene rings is 4. The van der Waals surface area contributed by atoms with Crippen LogP contribution < -0.4 is 4.74 Å². The summed E-state index contributed by atoms with van der Waals surface area (Å²) in [5.41, 5.74) is 4.37. The van der Waals surface area contributed by atoms with Crippen LogP contribution in [0.1, 0.15) is 69.4 Å². The van der Waals surface area contributed by atoms with Crippen molar-refractivity contribution in [1.29, 1.82) is 0 Å². The Morgan fingerprint density at radius 3 is 2.02 bits per heavy atom. The number of aromatic carboxylic acids is 1. The molecule has 0 aromatic heterocycles. The monoisotopic (exact) mass is 628 g/mol. The molecule has 0 amide bonds. The Kier molecular flexibility index (Phi) is 12.2. The van der Waals surface area contributed by atoms with Gasteiger partial charge in [0.2, 0.25) is 0 Å². The summed E-state index contributed by atoms with van der Waals surface area (Å²) in [5, 5.41) is 18.9. The first-order chi connectivity index (χ1) is 22.1. The maximum Gasteiger partial charge on any atom is 0.416 e. The minimum atomic E-state index is -4.32. The van der Waals surface area contributed by atoms with Crippen molar-refractivity contribution in [1.82, 2.24) is 0 Å². The van der Waals surface area contributed by atoms with E-state index in [9.17, 15) is 28.2 Å². The quantitative estimate of drug-likeness (QED) is 0.0957. The van der Waals surface area contributed by atoms with Crippen molar-refractivity contribution in [2.24, 2.45) is 5.92 Å². The van der Waals surface area contributed by atoms with Crippen molar-refractivity contribution in [3.63, 3.8) is 0 Å². The predicted octanol–water partition coefficient (Wildman–Crippen LogP) is 10.2. The van der Waals surface area contributed by atoms with Crippen LogP contribution in [0.3, 0.4) is 0 Å². The van der Waals surface area contributed by atoms with Crippen LogP contribution >= 0.6 is 0 Å². The molecule has 4 aromatic rings. The van der Waals surface area contributed by atoms with E-state index in [2.05, 4.69) is 18.7 Å². The highest BCUT2D eigenvalue weighted by Gasteiger charge is 2.29. The molecule has 2 N–H and O–H groups in total. The molecule has 0 saturated heterocycles. The Bertz CT molecular complexity index is 1590. The third-order valence-electron chi connectivity index (χ3n) is 7.91. The van der Waals surface area contributed by atoms with Crippen LogP contribution in [0.4, 0.5) is 13.2 Å². The first-order valence-electron chi connectivity index (χ1n) is 15.4. The summed E-state index contributed by atoms with van der Waals surface area (Å²) in [6.07, 6.45) is 5.68. The molecule has 1 atom stereocenters. The van der Waals surface area contributed by atoms with E-state index in [-0.39, 0.29) is 17.2 Å². The normalized spacial score (nSPS) is 12.2. The number of unbranched alkanes of at least 4 members (excludes halogenated alkanes) is 2. The van der Waals surface area contributed by atoms with Gasteiger partial charge in [-0.1, -0.05) is 85.5 Å². The number of rotatable bonds is 16. The number of ether oxygens (including phenoxy) is 1. The van der Waals surface area contributed by atoms with Crippen LogP contribution in [-0.2, 0) is 25.4 Å². The van der Waals surface area contributed by atoms with Gasteiger partial charge in [0.25, 0.3) is 0 Å². The summed E-state index contributed by atoms with van der Waals surface area (Å²) in [6, 6.07) is 27.9. The van der Waals surface area contributed by atoms with E-state index in [1.807, 2.05) is 60.7 Å². The Labute approximate surface area is 268 Å². The minimum absolute atomic E-state index is 0.0382. The van der Waals surface area contributed by atoms with Crippen molar-refractivity contribution < 1.29 is 32.9 Å². The Hall–Kier alpha value is -4.78. The fourth-order valence-electron chi connectivity index (χ4n) is 5.21. The molecule has 4 rings (SSSR count). The molecule has 0 aliphatic heterocycles. The van der Waals surface area contributed by atoms with Gasteiger partial charge in [0.15, 0.2) is 0 Å². The second-order valence-corrected chi connectivity index (χ2v) is 11.4. The third-order valence-corrected chi connectivity index (χ3v) is 7.91. The zero-order valence-corrected chi connectivity index (χ0v) is 25.7. The number of hydrogen-bond acceptors (Lipinski definition) is 3. The fraction of sp³-hybridized carbons (Fsp3) is 0.256. The second-order valence-electron chi connectivity index (χ2n) is 11.4. The molecule has 0 aliphatic carbocycles. The highest BCUT2D eigenvalue weighted by molar-refractivity contribution is 5.87. The van der Waals surface area contributed by atoms with Gasteiger partial charge in [0, 0.05) is 11.1 Å². The van der Waals surface area contributed by atoms with Crippen molar-refractivity contribution in [2.75, 3.05) is 6.61 Å². The van der Waals surface area contributed by atoms with Crippen LogP contribution in [0.25, 0.3) is 11.8 Å². The largest absolute Gasteiger partial charge is 0.508 e. The number of halogens is 3. The van der Waals surface area contributed by atoms with Gasteiger partial charge < -0.3 is 14.9 Å². The number of alkyl halides is 3. The molecule has 0 fully saturated rings. The van der Waals surface area contributed by atoms with Gasteiger partial charge >= 0.3 is 12.1 Å². The SMILES string of the molecule is C=C(O)c1ccc(CCC(/C=C/c2ccccc2OCCCCCc2ccc(C(F)(F)F)cc2)Cc2ccc(C(=O)O)cc2)cc1. The summed E-state index contributed by atoms with van der Waals surface area (Å²) >= 11 is 0. The van der Waals surface area contributed by atoms with E-state index in [1.165, 1.54) is 0 Å². The molecule has 240 valence electrons. The lowest BCUT2D eigenvalue weighted by Gasteiger charge is -2.15. The number of carboxylic acids is 1. The van der Waals surface area contributed by atoms with E-state index >= 15 is 0 Å². The second kappa shape index (κ2) is 16.5. The lowest BCUT2D eigenvalue weighted by atomic mass is 9.91. The van der Waals surface area contributed by atoms with E-state index in [1.54, 1.807) is 24.3 Å². The molecule has 1 unspecified atom stereocenters. The summed E-state index contributed by atoms with van der Waals surface area (Å²) in [4.78, 5) is 11.3. The van der Waals surface area contributed by atoms with Crippen molar-refractivity contribution >= 4 is 17.8 Å². The topological polar surface area (TPSA) is 66.8 Å². The standard InChI is InChI=1S/C39H39F3O4/c1-28(43)33-19-12-30(13-20-33)10-11-31(27-32-15-22-35(23-16-32)38(44)45)14-21-34-8-4-5-9-37(34)46-26-6-2-3-7-29-17-24-36(25-18-29)39(40,41)42/h4-5,8-9,12-25,31,43H,1-3,6-7,10-11,26-27H2,(H,44,45)/b21-14+. The van der Waals surface area contributed by atoms with Gasteiger partial charge in [-0.3, -0.25) is 0 Å². The van der Waals surface area contributed by atoms with E-state index in [0.29, 0.717) is 12.2 Å². The minimum Gasteiger partial charge on any atom is -0.508 e. The maximum atomic E-state index is 12.8. The average molecular weight is 629 g/mol. The molecular weight excluding hydrogens is 589 g/mol. The van der Waals surface area contributed by atoms with Crippen LogP contribution in [-0.4, -0.2) is 22.8 Å². The highest BCUT2D eigenvalue weighted by atomic mass is 19.4. The van der Waals surface area contributed by atoms with Crippen molar-refractivity contribution in [3.05, 3.63) is 149 Å². The molecule has 0 bridgehead atoms. The smallest absolute Gasteiger partial charge is 0.416 e. The number of aliphatic hydroxyl groups excluding tert-OH is 1. The number of carbonyl (C=O) groups is 1. The number of hydrogen-bond donors (Lipinski definition) is 2. The van der Waals surface area contributed by atoms with Gasteiger partial charge in [-0.25, -0.2) is 4.79 Å². The van der Waals surface area contributed by atoms with Crippen molar-refractivity contribution in [2.45, 2.75) is 51.1 Å². The maximum absolute atomic E-state index is 12.8. The van der Waals surface area contributed by atoms with Gasteiger partial charge in [0.1, 0.15) is 11.5 Å². The van der Waals surface area contributed by atoms with Crippen LogP contribution in [0, 0.1) is 5.92 Å². The number of para-hydroxylation sites is 1. The summed E-state index contributed by atoms with van der Waals surface area (Å²) < 4.78 is 44.5. The molecular formula is C39H39F3O4. The lowest BCUT2D eigenvalue weighted by molar-refractivity contribution is -0.137. The van der Waals surface area contributed by atoms with E-state index in [0.717, 1.165) is 85.1 Å². The first kappa shape index (κ1) is 34.1. The number of aryl methyl sites for hydroxylation is 2. The molecule has 4 nitrogen and oxygen atoms in total. The molecule has 0 heterocycles. The molecule has 4 aromatic carbocycles. The number of carboxylic acid groups (broad SMARTS) is 1. The Morgan fingerprint density at radius 2 is 1.37 bits per heavy atom. The van der Waals surface area contributed by atoms with Gasteiger partial charge in [-0.2, -0.15) is 13.2 Å². The summed E-state index contributed by atoms with van der Waals surface area (Å²) in [5.74, 6) is 0.0382. The fourth-order valence-corrected chi connectivity index (χ4v) is 5.21. The number of aliphatic hydroxyl groups is 1. The zero-order chi connectivity index (χ0) is 32.9. The third kappa shape index (κ3) is 10.7. The molecule has 46 heavy (non-hydrogen) atoms. The van der Waals surface area contributed by atoms with Crippen LogP contribution in [0.5, 0.6) is 5.75 Å². The highest BCUT2D eigenvalue weighted by Crippen LogP contribution is 2.29. The Balaban J connectivity index is 1.34. The first-order valence-corrected chi connectivity index (χ1v) is 15.4. The van der Waals surface area contributed by atoms with E-state index < -0.39 is 17.7 Å². The zero-order valence-electron chi connectivity index (χ0n) is 25.7. The molecule has 7 heteroatoms. The van der Waals surface area contributed by atoms with Crippen LogP contribution in [0.2, 0.25) is 0 Å². The molecule has 0 spiro atoms. The summed E-state index contributed by atoms with van der Waals surface area (Å²) in [6.45, 7) is 4.11. The Morgan fingerprint density at radius 1 is 0.761 bits per heavy atom. The lowest BCUT2D eigenvalue weighted by Crippen LogP contribution is -2.05. The summed E-state index contributed by atoms with van der Waals surface area (Å²) in [7, 11) is 0.